The molecule has 1 aromatic heterocycles. The average molecular weight is 635 g/mol. The molecule has 0 unspecified atom stereocenters. The number of amides is 2. The van der Waals surface area contributed by atoms with Crippen LogP contribution in [0.2, 0.25) is 0 Å². The Labute approximate surface area is 242 Å². The summed E-state index contributed by atoms with van der Waals surface area (Å²) in [4.78, 5) is 26.5. The number of halogens is 6. The van der Waals surface area contributed by atoms with Crippen molar-refractivity contribution in [1.29, 1.82) is 0 Å². The van der Waals surface area contributed by atoms with Crippen molar-refractivity contribution in [2.24, 2.45) is 5.92 Å². The molecule has 16 heteroatoms. The normalized spacial score (nSPS) is 21.5. The summed E-state index contributed by atoms with van der Waals surface area (Å²) in [5.41, 5.74) is -4.73. The van der Waals surface area contributed by atoms with E-state index in [-0.39, 0.29) is 30.0 Å². The molecule has 2 fully saturated rings. The molecule has 0 saturated heterocycles. The summed E-state index contributed by atoms with van der Waals surface area (Å²) >= 11 is 0. The molecule has 9 nitrogen and oxygen atoms in total. The number of nitrogens with one attached hydrogen (secondary N) is 2. The second-order valence-corrected chi connectivity index (χ2v) is 13.0. The Morgan fingerprint density at radius 2 is 1.74 bits per heavy atom. The van der Waals surface area contributed by atoms with Gasteiger partial charge in [0.25, 0.3) is 11.8 Å². The predicted molar refractivity (Wildman–Crippen MR) is 140 cm³/mol. The molecular formula is C27H28F6N4O5S. The van der Waals surface area contributed by atoms with Crippen LogP contribution >= 0.6 is 0 Å². The van der Waals surface area contributed by atoms with Gasteiger partial charge in [0.15, 0.2) is 5.54 Å². The Balaban J connectivity index is 1.49. The second kappa shape index (κ2) is 11.2. The van der Waals surface area contributed by atoms with E-state index in [9.17, 15) is 44.3 Å². The molecule has 2 N–H and O–H groups in total. The fraction of sp³-hybridized carbons (Fsp3) is 0.519. The zero-order valence-corrected chi connectivity index (χ0v) is 23.4. The molecule has 2 saturated carbocycles. The molecule has 2 amide bonds. The number of aromatic nitrogens is 2. The molecule has 0 bridgehead atoms. The van der Waals surface area contributed by atoms with Crippen LogP contribution in [0.25, 0.3) is 5.57 Å². The zero-order valence-electron chi connectivity index (χ0n) is 22.6. The molecule has 0 spiro atoms. The molecule has 1 aromatic carbocycles. The van der Waals surface area contributed by atoms with Crippen LogP contribution in [0.3, 0.4) is 0 Å². The number of benzene rings is 1. The maximum Gasteiger partial charge on any atom is 0.416 e. The highest BCUT2D eigenvalue weighted by molar-refractivity contribution is 7.91. The molecule has 2 heterocycles. The second-order valence-electron chi connectivity index (χ2n) is 11.0. The molecule has 0 radical (unpaired) electrons. The van der Waals surface area contributed by atoms with Gasteiger partial charge < -0.3 is 10.1 Å². The van der Waals surface area contributed by atoms with Gasteiger partial charge in [-0.05, 0) is 61.8 Å². The van der Waals surface area contributed by atoms with Crippen molar-refractivity contribution >= 4 is 27.4 Å². The minimum absolute atomic E-state index is 0.0188. The molecule has 5 rings (SSSR count). The lowest BCUT2D eigenvalue weighted by molar-refractivity contribution is -0.202. The Kier molecular flexibility index (Phi) is 8.03. The lowest BCUT2D eigenvalue weighted by atomic mass is 9.77. The Morgan fingerprint density at radius 3 is 2.33 bits per heavy atom. The summed E-state index contributed by atoms with van der Waals surface area (Å²) < 4.78 is 115. The van der Waals surface area contributed by atoms with Crippen molar-refractivity contribution in [3.63, 3.8) is 0 Å². The summed E-state index contributed by atoms with van der Waals surface area (Å²) in [6.45, 7) is 0.171. The van der Waals surface area contributed by atoms with Crippen LogP contribution < -0.4 is 14.8 Å². The SMILES string of the molecule is O=C1N[C@@](c2ccc(OCCCC(F)(F)F)cc2)(C(F)(F)F)CC(c2ccn(CC3CC3)n2)=C1C(=O)NS(=O)(=O)C1CC1. The van der Waals surface area contributed by atoms with Gasteiger partial charge in [-0.15, -0.1) is 0 Å². The van der Waals surface area contributed by atoms with Gasteiger partial charge in [0.2, 0.25) is 10.0 Å². The first kappa shape index (κ1) is 30.9. The highest BCUT2D eigenvalue weighted by atomic mass is 32.2. The number of hydrogen-bond acceptors (Lipinski definition) is 6. The fourth-order valence-corrected chi connectivity index (χ4v) is 6.17. The van der Waals surface area contributed by atoms with Gasteiger partial charge in [0.1, 0.15) is 11.3 Å². The number of ether oxygens (including phenoxy) is 1. The molecule has 234 valence electrons. The van der Waals surface area contributed by atoms with E-state index >= 15 is 0 Å². The number of sulfonamides is 1. The first-order valence-corrected chi connectivity index (χ1v) is 15.1. The number of alkyl halides is 6. The summed E-state index contributed by atoms with van der Waals surface area (Å²) in [5, 5.41) is 5.40. The average Bonchev–Trinajstić information content (AvgIpc) is 3.83. The van der Waals surface area contributed by atoms with Crippen molar-refractivity contribution in [3.05, 3.63) is 53.4 Å². The van der Waals surface area contributed by atoms with Gasteiger partial charge in [-0.2, -0.15) is 31.4 Å². The predicted octanol–water partition coefficient (Wildman–Crippen LogP) is 4.35. The van der Waals surface area contributed by atoms with Crippen LogP contribution in [0, 0.1) is 5.92 Å². The number of hydrogen-bond donors (Lipinski definition) is 2. The van der Waals surface area contributed by atoms with E-state index in [1.165, 1.54) is 16.9 Å². The summed E-state index contributed by atoms with van der Waals surface area (Å²) in [6, 6.07) is 5.71. The van der Waals surface area contributed by atoms with E-state index < -0.39 is 69.0 Å². The van der Waals surface area contributed by atoms with Crippen LogP contribution in [-0.4, -0.2) is 54.2 Å². The van der Waals surface area contributed by atoms with Gasteiger partial charge in [-0.1, -0.05) is 12.1 Å². The molecule has 43 heavy (non-hydrogen) atoms. The van der Waals surface area contributed by atoms with E-state index in [4.69, 9.17) is 4.74 Å². The molecular weight excluding hydrogens is 606 g/mol. The van der Waals surface area contributed by atoms with Crippen molar-refractivity contribution in [1.82, 2.24) is 19.8 Å². The molecule has 3 aliphatic rings. The van der Waals surface area contributed by atoms with E-state index in [0.717, 1.165) is 37.1 Å². The lowest BCUT2D eigenvalue weighted by Gasteiger charge is -2.41. The third-order valence-electron chi connectivity index (χ3n) is 7.52. The van der Waals surface area contributed by atoms with Gasteiger partial charge >= 0.3 is 12.4 Å². The van der Waals surface area contributed by atoms with Crippen molar-refractivity contribution < 1.29 is 49.1 Å². The molecule has 2 aromatic rings. The number of carbonyl (C=O) groups is 2. The Hall–Kier alpha value is -3.56. The maximum absolute atomic E-state index is 14.9. The topological polar surface area (TPSA) is 119 Å². The fourth-order valence-electron chi connectivity index (χ4n) is 4.89. The summed E-state index contributed by atoms with van der Waals surface area (Å²) in [6.07, 6.45) is -7.84. The first-order chi connectivity index (χ1) is 20.1. The van der Waals surface area contributed by atoms with Crippen molar-refractivity contribution in [2.45, 2.75) is 74.6 Å². The van der Waals surface area contributed by atoms with Crippen LogP contribution in [0.5, 0.6) is 5.75 Å². The molecule has 2 aliphatic carbocycles. The van der Waals surface area contributed by atoms with E-state index in [2.05, 4.69) is 5.10 Å². The third-order valence-corrected chi connectivity index (χ3v) is 9.34. The maximum atomic E-state index is 14.9. The van der Waals surface area contributed by atoms with Gasteiger partial charge in [0.05, 0.1) is 17.6 Å². The van der Waals surface area contributed by atoms with Gasteiger partial charge in [0, 0.05) is 31.2 Å². The smallest absolute Gasteiger partial charge is 0.416 e. The standard InChI is InChI=1S/C27H28F6N4O5S/c28-26(29,30)11-1-13-42-18-6-4-17(5-7-18)25(27(31,32)33)14-20(21-10-12-37(35-21)15-16-2-3-16)22(23(38)34-25)24(39)36-43(40,41)19-8-9-19/h4-7,10,12,16,19H,1-3,8-9,11,13-15H2,(H,34,38)(H,36,39)/t25-/m0/s1. The number of nitrogens with zero attached hydrogens (tertiary/aromatic N) is 2. The third kappa shape index (κ3) is 6.99. The van der Waals surface area contributed by atoms with Gasteiger partial charge in [-0.25, -0.2) is 13.1 Å². The first-order valence-electron chi connectivity index (χ1n) is 13.6. The monoisotopic (exact) mass is 634 g/mol. The van der Waals surface area contributed by atoms with E-state index in [0.29, 0.717) is 25.3 Å². The minimum atomic E-state index is -5.11. The minimum Gasteiger partial charge on any atom is -0.494 e. The number of rotatable bonds is 11. The molecule has 1 atom stereocenters. The lowest BCUT2D eigenvalue weighted by Crippen LogP contribution is -2.60. The molecule has 1 aliphatic heterocycles. The quantitative estimate of drug-likeness (QED) is 0.216. The van der Waals surface area contributed by atoms with Crippen LogP contribution in [0.15, 0.2) is 42.1 Å². The van der Waals surface area contributed by atoms with Crippen molar-refractivity contribution in [2.75, 3.05) is 6.61 Å². The van der Waals surface area contributed by atoms with E-state index in [1.807, 2.05) is 10.0 Å². The Bertz CT molecular complexity index is 1530. The van der Waals surface area contributed by atoms with Crippen molar-refractivity contribution in [3.8, 4) is 5.75 Å². The largest absolute Gasteiger partial charge is 0.494 e. The highest BCUT2D eigenvalue weighted by Crippen LogP contribution is 2.48. The van der Waals surface area contributed by atoms with Crippen LogP contribution in [0.4, 0.5) is 26.3 Å². The van der Waals surface area contributed by atoms with Gasteiger partial charge in [-0.3, -0.25) is 14.3 Å². The highest BCUT2D eigenvalue weighted by Gasteiger charge is 2.60. The zero-order chi connectivity index (χ0) is 31.2. The summed E-state index contributed by atoms with van der Waals surface area (Å²) in [7, 11) is -4.14. The van der Waals surface area contributed by atoms with Crippen LogP contribution in [-0.2, 0) is 31.7 Å². The Morgan fingerprint density at radius 1 is 1.07 bits per heavy atom. The summed E-state index contributed by atoms with van der Waals surface area (Å²) in [5.74, 6) is -2.42. The van der Waals surface area contributed by atoms with Crippen LogP contribution in [0.1, 0.15) is 56.2 Å². The number of carbonyl (C=O) groups excluding carboxylic acids is 2. The van der Waals surface area contributed by atoms with E-state index in [1.54, 1.807) is 0 Å².